The second-order valence-corrected chi connectivity index (χ2v) is 6.64. The Hall–Kier alpha value is -0.410. The Labute approximate surface area is 104 Å². The summed E-state index contributed by atoms with van der Waals surface area (Å²) in [5, 5.41) is 3.29. The van der Waals surface area contributed by atoms with E-state index in [-0.39, 0.29) is 17.1 Å². The lowest BCUT2D eigenvalue weighted by atomic mass is 9.71. The smallest absolute Gasteiger partial charge is 0.149 e. The van der Waals surface area contributed by atoms with E-state index in [1.54, 1.807) is 0 Å². The first kappa shape index (κ1) is 13.0. The molecule has 17 heavy (non-hydrogen) atoms. The number of carbonyl (C=O) groups excluding carboxylic acids is 1. The zero-order valence-electron chi connectivity index (χ0n) is 11.3. The fourth-order valence-corrected chi connectivity index (χ4v) is 2.72. The van der Waals surface area contributed by atoms with Crippen LogP contribution in [0.4, 0.5) is 0 Å². The van der Waals surface area contributed by atoms with Crippen LogP contribution in [0.15, 0.2) is 0 Å². The molecule has 2 aliphatic rings. The van der Waals surface area contributed by atoms with Gasteiger partial charge in [0.15, 0.2) is 0 Å². The van der Waals surface area contributed by atoms with Crippen molar-refractivity contribution in [3.63, 3.8) is 0 Å². The maximum absolute atomic E-state index is 12.2. The number of ether oxygens (including phenoxy) is 1. The van der Waals surface area contributed by atoms with Gasteiger partial charge in [-0.1, -0.05) is 0 Å². The van der Waals surface area contributed by atoms with Gasteiger partial charge in [-0.25, -0.2) is 0 Å². The van der Waals surface area contributed by atoms with Gasteiger partial charge in [-0.3, -0.25) is 4.79 Å². The minimum Gasteiger partial charge on any atom is -0.375 e. The summed E-state index contributed by atoms with van der Waals surface area (Å²) in [6.45, 7) is 7.56. The molecule has 1 spiro atoms. The summed E-state index contributed by atoms with van der Waals surface area (Å²) in [4.78, 5) is 12.2. The molecule has 2 fully saturated rings. The minimum atomic E-state index is 0.0228. The van der Waals surface area contributed by atoms with Crippen LogP contribution in [-0.2, 0) is 9.53 Å². The summed E-state index contributed by atoms with van der Waals surface area (Å²) < 4.78 is 5.85. The highest BCUT2D eigenvalue weighted by molar-refractivity contribution is 5.83. The van der Waals surface area contributed by atoms with Gasteiger partial charge >= 0.3 is 0 Å². The molecule has 98 valence electrons. The van der Waals surface area contributed by atoms with Crippen LogP contribution < -0.4 is 5.32 Å². The number of Topliss-reactive ketones (excluding diaryl/α,β-unsaturated/α-hetero) is 1. The molecule has 1 N–H and O–H groups in total. The predicted molar refractivity (Wildman–Crippen MR) is 68.0 cm³/mol. The maximum Gasteiger partial charge on any atom is 0.149 e. The maximum atomic E-state index is 12.2. The zero-order chi connectivity index (χ0) is 12.5. The summed E-state index contributed by atoms with van der Waals surface area (Å²) in [5.74, 6) is 0.591. The first-order valence-electron chi connectivity index (χ1n) is 6.82. The van der Waals surface area contributed by atoms with Crippen molar-refractivity contribution >= 4 is 5.78 Å². The molecule has 3 heteroatoms. The standard InChI is InChI=1S/C14H25NO2/c1-13(2,3)15-10-12(16)11-5-8-17-14(9-11)6-4-7-14/h11,15H,4-10H2,1-3H3. The van der Waals surface area contributed by atoms with Gasteiger partial charge in [-0.2, -0.15) is 0 Å². The third kappa shape index (κ3) is 3.29. The van der Waals surface area contributed by atoms with Crippen molar-refractivity contribution in [2.24, 2.45) is 5.92 Å². The largest absolute Gasteiger partial charge is 0.375 e. The molecule has 1 atom stereocenters. The lowest BCUT2D eigenvalue weighted by Crippen LogP contribution is -2.49. The number of ketones is 1. The Balaban J connectivity index is 1.83. The van der Waals surface area contributed by atoms with Crippen LogP contribution in [0.5, 0.6) is 0 Å². The van der Waals surface area contributed by atoms with Crippen LogP contribution >= 0.6 is 0 Å². The van der Waals surface area contributed by atoms with Gasteiger partial charge in [-0.15, -0.1) is 0 Å². The Kier molecular flexibility index (Phi) is 3.60. The van der Waals surface area contributed by atoms with E-state index in [9.17, 15) is 4.79 Å². The number of rotatable bonds is 3. The van der Waals surface area contributed by atoms with Gasteiger partial charge in [0.05, 0.1) is 12.1 Å². The van der Waals surface area contributed by atoms with Crippen molar-refractivity contribution < 1.29 is 9.53 Å². The quantitative estimate of drug-likeness (QED) is 0.821. The first-order chi connectivity index (χ1) is 7.90. The van der Waals surface area contributed by atoms with Crippen molar-refractivity contribution in [1.82, 2.24) is 5.32 Å². The van der Waals surface area contributed by atoms with E-state index in [0.29, 0.717) is 12.3 Å². The second kappa shape index (κ2) is 4.69. The zero-order valence-corrected chi connectivity index (χ0v) is 11.3. The molecule has 1 saturated carbocycles. The van der Waals surface area contributed by atoms with E-state index in [2.05, 4.69) is 26.1 Å². The molecular weight excluding hydrogens is 214 g/mol. The van der Waals surface area contributed by atoms with Crippen LogP contribution in [0.3, 0.4) is 0 Å². The summed E-state index contributed by atoms with van der Waals surface area (Å²) in [5.41, 5.74) is 0.106. The molecule has 0 bridgehead atoms. The summed E-state index contributed by atoms with van der Waals surface area (Å²) in [6.07, 6.45) is 5.44. The topological polar surface area (TPSA) is 38.3 Å². The predicted octanol–water partition coefficient (Wildman–Crippen LogP) is 2.29. The van der Waals surface area contributed by atoms with Crippen molar-refractivity contribution in [3.05, 3.63) is 0 Å². The fraction of sp³-hybridized carbons (Fsp3) is 0.929. The second-order valence-electron chi connectivity index (χ2n) is 6.64. The molecule has 1 unspecified atom stereocenters. The van der Waals surface area contributed by atoms with Crippen molar-refractivity contribution in [2.45, 2.75) is 64.0 Å². The average molecular weight is 239 g/mol. The molecule has 0 amide bonds. The third-order valence-electron chi connectivity index (χ3n) is 4.01. The van der Waals surface area contributed by atoms with E-state index in [4.69, 9.17) is 4.74 Å². The Bertz CT molecular complexity index is 289. The van der Waals surface area contributed by atoms with E-state index in [1.165, 1.54) is 6.42 Å². The molecule has 0 aromatic rings. The van der Waals surface area contributed by atoms with Crippen molar-refractivity contribution in [1.29, 1.82) is 0 Å². The molecule has 0 aromatic heterocycles. The molecule has 0 aromatic carbocycles. The van der Waals surface area contributed by atoms with Gasteiger partial charge in [0.1, 0.15) is 5.78 Å². The van der Waals surface area contributed by atoms with Crippen molar-refractivity contribution in [3.8, 4) is 0 Å². The Morgan fingerprint density at radius 1 is 1.41 bits per heavy atom. The summed E-state index contributed by atoms with van der Waals surface area (Å²) in [6, 6.07) is 0. The third-order valence-corrected chi connectivity index (χ3v) is 4.01. The molecule has 1 heterocycles. The number of hydrogen-bond acceptors (Lipinski definition) is 3. The van der Waals surface area contributed by atoms with Gasteiger partial charge in [-0.05, 0) is 52.9 Å². The van der Waals surface area contributed by atoms with Crippen molar-refractivity contribution in [2.75, 3.05) is 13.2 Å². The Morgan fingerprint density at radius 2 is 2.12 bits per heavy atom. The molecule has 3 nitrogen and oxygen atoms in total. The fourth-order valence-electron chi connectivity index (χ4n) is 2.72. The highest BCUT2D eigenvalue weighted by Gasteiger charge is 2.44. The molecule has 1 aliphatic carbocycles. The van der Waals surface area contributed by atoms with Gasteiger partial charge in [0.25, 0.3) is 0 Å². The lowest BCUT2D eigenvalue weighted by Gasteiger charge is -2.47. The monoisotopic (exact) mass is 239 g/mol. The summed E-state index contributed by atoms with van der Waals surface area (Å²) >= 11 is 0. The van der Waals surface area contributed by atoms with E-state index in [1.807, 2.05) is 0 Å². The Morgan fingerprint density at radius 3 is 2.65 bits per heavy atom. The molecule has 1 saturated heterocycles. The highest BCUT2D eigenvalue weighted by atomic mass is 16.5. The molecule has 2 rings (SSSR count). The summed E-state index contributed by atoms with van der Waals surface area (Å²) in [7, 11) is 0. The first-order valence-corrected chi connectivity index (χ1v) is 6.82. The molecular formula is C14H25NO2. The number of nitrogens with one attached hydrogen (secondary N) is 1. The van der Waals surface area contributed by atoms with E-state index in [0.717, 1.165) is 32.3 Å². The van der Waals surface area contributed by atoms with E-state index < -0.39 is 0 Å². The normalized spacial score (nSPS) is 27.8. The molecule has 1 aliphatic heterocycles. The number of carbonyl (C=O) groups is 1. The number of hydrogen-bond donors (Lipinski definition) is 1. The van der Waals surface area contributed by atoms with Gasteiger partial charge in [0, 0.05) is 18.1 Å². The van der Waals surface area contributed by atoms with Crippen LogP contribution in [0.1, 0.15) is 52.9 Å². The minimum absolute atomic E-state index is 0.0228. The van der Waals surface area contributed by atoms with Crippen LogP contribution in [0.25, 0.3) is 0 Å². The van der Waals surface area contributed by atoms with Crippen LogP contribution in [0, 0.1) is 5.92 Å². The van der Waals surface area contributed by atoms with Crippen LogP contribution in [-0.4, -0.2) is 30.1 Å². The van der Waals surface area contributed by atoms with E-state index >= 15 is 0 Å². The highest BCUT2D eigenvalue weighted by Crippen LogP contribution is 2.44. The van der Waals surface area contributed by atoms with Gasteiger partial charge in [0.2, 0.25) is 0 Å². The molecule has 0 radical (unpaired) electrons. The lowest BCUT2D eigenvalue weighted by molar-refractivity contribution is -0.155. The van der Waals surface area contributed by atoms with Gasteiger partial charge < -0.3 is 10.1 Å². The SMILES string of the molecule is CC(C)(C)NCC(=O)C1CCOC2(CCC2)C1. The van der Waals surface area contributed by atoms with Crippen LogP contribution in [0.2, 0.25) is 0 Å². The average Bonchev–Trinajstić information content (AvgIpc) is 2.23.